The Balaban J connectivity index is 3.28. The van der Waals surface area contributed by atoms with Crippen molar-refractivity contribution in [2.75, 3.05) is 20.8 Å². The predicted octanol–water partition coefficient (Wildman–Crippen LogP) is 2.21. The van der Waals surface area contributed by atoms with Crippen LogP contribution in [0.25, 0.3) is 0 Å². The molecule has 0 fully saturated rings. The van der Waals surface area contributed by atoms with Crippen molar-refractivity contribution < 1.29 is 23.8 Å². The Morgan fingerprint density at radius 2 is 1.72 bits per heavy atom. The van der Waals surface area contributed by atoms with Crippen molar-refractivity contribution in [3.05, 3.63) is 22.2 Å². The lowest BCUT2D eigenvalue weighted by Gasteiger charge is -2.12. The first kappa shape index (κ1) is 14.5. The number of hydrogen-bond acceptors (Lipinski definition) is 5. The zero-order chi connectivity index (χ0) is 13.7. The van der Waals surface area contributed by atoms with Gasteiger partial charge in [0, 0.05) is 0 Å². The van der Waals surface area contributed by atoms with Crippen LogP contribution < -0.4 is 9.47 Å². The highest BCUT2D eigenvalue weighted by atomic mass is 79.9. The van der Waals surface area contributed by atoms with Gasteiger partial charge < -0.3 is 14.2 Å². The molecule has 0 spiro atoms. The first-order valence-electron chi connectivity index (χ1n) is 5.18. The molecule has 0 N–H and O–H groups in total. The van der Waals surface area contributed by atoms with Crippen LogP contribution in [0.4, 0.5) is 0 Å². The fraction of sp³-hybridized carbons (Fsp3) is 0.333. The number of esters is 1. The average Bonchev–Trinajstić information content (AvgIpc) is 2.37. The second-order valence-corrected chi connectivity index (χ2v) is 4.00. The molecule has 1 aromatic carbocycles. The molecule has 0 amide bonds. The molecule has 0 aromatic heterocycles. The molecule has 0 saturated heterocycles. The Kier molecular flexibility index (Phi) is 5.15. The van der Waals surface area contributed by atoms with E-state index in [0.29, 0.717) is 10.2 Å². The number of methoxy groups -OCH3 is 2. The molecule has 6 heteroatoms. The quantitative estimate of drug-likeness (QED) is 0.473. The van der Waals surface area contributed by atoms with Crippen LogP contribution in [-0.4, -0.2) is 32.6 Å². The van der Waals surface area contributed by atoms with Gasteiger partial charge in [-0.25, -0.2) is 4.79 Å². The summed E-state index contributed by atoms with van der Waals surface area (Å²) in [6.07, 6.45) is 0. The van der Waals surface area contributed by atoms with Crippen molar-refractivity contribution in [1.29, 1.82) is 0 Å². The van der Waals surface area contributed by atoms with Gasteiger partial charge in [0.2, 0.25) is 0 Å². The third-order valence-electron chi connectivity index (χ3n) is 2.20. The minimum atomic E-state index is -0.926. The minimum absolute atomic E-state index is 0.0929. The van der Waals surface area contributed by atoms with Crippen molar-refractivity contribution in [3.8, 4) is 11.5 Å². The summed E-state index contributed by atoms with van der Waals surface area (Å²) in [7, 11) is 2.88. The average molecular weight is 317 g/mol. The number of ether oxygens (including phenoxy) is 3. The van der Waals surface area contributed by atoms with Crippen LogP contribution in [0.3, 0.4) is 0 Å². The number of carbonyl (C=O) groups is 2. The lowest BCUT2D eigenvalue weighted by molar-refractivity contribution is -0.137. The SMILES string of the molecule is CCOC(=O)C(=O)c1c(OC)ccc(OC)c1Br. The molecule has 98 valence electrons. The van der Waals surface area contributed by atoms with Crippen molar-refractivity contribution in [2.24, 2.45) is 0 Å². The fourth-order valence-corrected chi connectivity index (χ4v) is 2.05. The monoisotopic (exact) mass is 316 g/mol. The van der Waals surface area contributed by atoms with E-state index in [2.05, 4.69) is 20.7 Å². The van der Waals surface area contributed by atoms with Gasteiger partial charge in [0.1, 0.15) is 11.5 Å². The molecule has 0 aliphatic heterocycles. The molecule has 0 aliphatic carbocycles. The molecule has 0 atom stereocenters. The number of rotatable bonds is 5. The summed E-state index contributed by atoms with van der Waals surface area (Å²) in [4.78, 5) is 23.4. The van der Waals surface area contributed by atoms with Crippen LogP contribution in [0, 0.1) is 0 Å². The van der Waals surface area contributed by atoms with Crippen LogP contribution in [0.5, 0.6) is 11.5 Å². The third kappa shape index (κ3) is 2.81. The number of ketones is 1. The third-order valence-corrected chi connectivity index (χ3v) is 2.98. The van der Waals surface area contributed by atoms with Gasteiger partial charge in [0.15, 0.2) is 0 Å². The summed E-state index contributed by atoms with van der Waals surface area (Å²) in [6.45, 7) is 1.76. The summed E-state index contributed by atoms with van der Waals surface area (Å²) in [5, 5.41) is 0. The summed E-state index contributed by atoms with van der Waals surface area (Å²) in [5.41, 5.74) is 0.0929. The largest absolute Gasteiger partial charge is 0.496 e. The lowest BCUT2D eigenvalue weighted by Crippen LogP contribution is -2.19. The molecule has 0 unspecified atom stereocenters. The zero-order valence-electron chi connectivity index (χ0n) is 10.3. The Morgan fingerprint density at radius 3 is 2.22 bits per heavy atom. The highest BCUT2D eigenvalue weighted by Gasteiger charge is 2.26. The molecule has 0 saturated carbocycles. The van der Waals surface area contributed by atoms with Gasteiger partial charge in [-0.1, -0.05) is 0 Å². The second kappa shape index (κ2) is 6.39. The number of benzene rings is 1. The molecular weight excluding hydrogens is 304 g/mol. The first-order valence-corrected chi connectivity index (χ1v) is 5.98. The maximum absolute atomic E-state index is 12.0. The predicted molar refractivity (Wildman–Crippen MR) is 68.2 cm³/mol. The Morgan fingerprint density at radius 1 is 1.17 bits per heavy atom. The molecule has 0 bridgehead atoms. The Hall–Kier alpha value is -1.56. The molecule has 0 heterocycles. The van der Waals surface area contributed by atoms with Crippen LogP contribution in [0.2, 0.25) is 0 Å². The molecule has 1 aromatic rings. The van der Waals surface area contributed by atoms with E-state index in [1.54, 1.807) is 19.1 Å². The molecule has 0 aliphatic rings. The van der Waals surface area contributed by atoms with E-state index in [9.17, 15) is 9.59 Å². The van der Waals surface area contributed by atoms with Gasteiger partial charge >= 0.3 is 5.97 Å². The molecule has 5 nitrogen and oxygen atoms in total. The van der Waals surface area contributed by atoms with E-state index in [1.807, 2.05) is 0 Å². The topological polar surface area (TPSA) is 61.8 Å². The first-order chi connectivity index (χ1) is 8.56. The van der Waals surface area contributed by atoms with Gasteiger partial charge in [-0.05, 0) is 35.0 Å². The smallest absolute Gasteiger partial charge is 0.379 e. The maximum atomic E-state index is 12.0. The molecular formula is C12H13BrO5. The highest BCUT2D eigenvalue weighted by Crippen LogP contribution is 2.35. The van der Waals surface area contributed by atoms with Crippen LogP contribution in [0.1, 0.15) is 17.3 Å². The van der Waals surface area contributed by atoms with E-state index in [4.69, 9.17) is 9.47 Å². The van der Waals surface area contributed by atoms with E-state index in [0.717, 1.165) is 0 Å². The van der Waals surface area contributed by atoms with Gasteiger partial charge in [-0.15, -0.1) is 0 Å². The van der Waals surface area contributed by atoms with Crippen molar-refractivity contribution in [2.45, 2.75) is 6.92 Å². The van der Waals surface area contributed by atoms with E-state index >= 15 is 0 Å². The lowest BCUT2D eigenvalue weighted by atomic mass is 10.1. The number of Topliss-reactive ketones (excluding diaryl/α,β-unsaturated/α-hetero) is 1. The van der Waals surface area contributed by atoms with Gasteiger partial charge in [-0.2, -0.15) is 0 Å². The second-order valence-electron chi connectivity index (χ2n) is 3.21. The Bertz CT molecular complexity index is 470. The standard InChI is InChI=1S/C12H13BrO5/c1-4-18-12(15)11(14)9-7(16-2)5-6-8(17-3)10(9)13/h5-6H,4H2,1-3H3. The number of carbonyl (C=O) groups excluding carboxylic acids is 2. The minimum Gasteiger partial charge on any atom is -0.496 e. The fourth-order valence-electron chi connectivity index (χ4n) is 1.38. The normalized spacial score (nSPS) is 9.78. The van der Waals surface area contributed by atoms with Crippen LogP contribution in [-0.2, 0) is 9.53 Å². The Labute approximate surface area is 113 Å². The van der Waals surface area contributed by atoms with Crippen molar-refractivity contribution >= 4 is 27.7 Å². The van der Waals surface area contributed by atoms with Crippen molar-refractivity contribution in [1.82, 2.24) is 0 Å². The van der Waals surface area contributed by atoms with Crippen LogP contribution >= 0.6 is 15.9 Å². The molecule has 18 heavy (non-hydrogen) atoms. The molecule has 0 radical (unpaired) electrons. The van der Waals surface area contributed by atoms with Crippen LogP contribution in [0.15, 0.2) is 16.6 Å². The summed E-state index contributed by atoms with van der Waals surface area (Å²) < 4.78 is 15.2. The number of halogens is 1. The zero-order valence-corrected chi connectivity index (χ0v) is 11.9. The van der Waals surface area contributed by atoms with E-state index in [-0.39, 0.29) is 17.9 Å². The van der Waals surface area contributed by atoms with E-state index in [1.165, 1.54) is 14.2 Å². The summed E-state index contributed by atoms with van der Waals surface area (Å²) in [6, 6.07) is 3.18. The van der Waals surface area contributed by atoms with Gasteiger partial charge in [0.05, 0.1) is 30.9 Å². The van der Waals surface area contributed by atoms with E-state index < -0.39 is 11.8 Å². The van der Waals surface area contributed by atoms with Gasteiger partial charge in [0.25, 0.3) is 5.78 Å². The maximum Gasteiger partial charge on any atom is 0.379 e. The van der Waals surface area contributed by atoms with Gasteiger partial charge in [-0.3, -0.25) is 4.79 Å². The summed E-state index contributed by atoms with van der Waals surface area (Å²) in [5.74, 6) is -0.992. The molecule has 1 rings (SSSR count). The van der Waals surface area contributed by atoms with Crippen molar-refractivity contribution in [3.63, 3.8) is 0 Å². The summed E-state index contributed by atoms with van der Waals surface area (Å²) >= 11 is 3.22. The number of hydrogen-bond donors (Lipinski definition) is 0. The highest BCUT2D eigenvalue weighted by molar-refractivity contribution is 9.10.